The second-order valence-electron chi connectivity index (χ2n) is 4.47. The van der Waals surface area contributed by atoms with Gasteiger partial charge in [-0.2, -0.15) is 0 Å². The van der Waals surface area contributed by atoms with Crippen LogP contribution >= 0.6 is 0 Å². The summed E-state index contributed by atoms with van der Waals surface area (Å²) in [7, 11) is 3.91. The van der Waals surface area contributed by atoms with Crippen LogP contribution in [0.2, 0.25) is 0 Å². The van der Waals surface area contributed by atoms with Crippen LogP contribution < -0.4 is 11.1 Å². The van der Waals surface area contributed by atoms with Crippen LogP contribution in [-0.4, -0.2) is 42.5 Å². The molecule has 2 unspecified atom stereocenters. The largest absolute Gasteiger partial charge is 0.368 e. The Balaban J connectivity index is 2.86. The smallest absolute Gasteiger partial charge is 0.237 e. The Bertz CT molecular complexity index is 217. The van der Waals surface area contributed by atoms with Gasteiger partial charge in [0.2, 0.25) is 5.91 Å². The van der Waals surface area contributed by atoms with E-state index in [1.54, 1.807) is 0 Å². The third-order valence-electron chi connectivity index (χ3n) is 3.63. The van der Waals surface area contributed by atoms with Crippen molar-refractivity contribution < 1.29 is 4.79 Å². The quantitative estimate of drug-likeness (QED) is 0.654. The van der Waals surface area contributed by atoms with Gasteiger partial charge in [0.1, 0.15) is 5.54 Å². The summed E-state index contributed by atoms with van der Waals surface area (Å²) in [6.45, 7) is 4.26. The van der Waals surface area contributed by atoms with Crippen LogP contribution in [0, 0.1) is 0 Å². The Kier molecular flexibility index (Phi) is 3.17. The third kappa shape index (κ3) is 1.77. The fourth-order valence-electron chi connectivity index (χ4n) is 2.34. The van der Waals surface area contributed by atoms with Crippen LogP contribution in [0.15, 0.2) is 0 Å². The van der Waals surface area contributed by atoms with Crippen LogP contribution in [0.1, 0.15) is 26.7 Å². The number of hydrogen-bond donors (Lipinski definition) is 2. The Morgan fingerprint density at radius 1 is 1.43 bits per heavy atom. The first-order valence-electron chi connectivity index (χ1n) is 5.13. The maximum absolute atomic E-state index is 11.4. The van der Waals surface area contributed by atoms with E-state index in [9.17, 15) is 4.79 Å². The number of hydrogen-bond acceptors (Lipinski definition) is 3. The van der Waals surface area contributed by atoms with E-state index in [-0.39, 0.29) is 5.91 Å². The molecule has 1 aliphatic heterocycles. The number of carbonyl (C=O) groups is 1. The van der Waals surface area contributed by atoms with Crippen molar-refractivity contribution in [2.45, 2.75) is 44.3 Å². The average molecular weight is 199 g/mol. The zero-order valence-electron chi connectivity index (χ0n) is 9.50. The van der Waals surface area contributed by atoms with Gasteiger partial charge >= 0.3 is 0 Å². The highest BCUT2D eigenvalue weighted by molar-refractivity contribution is 5.85. The van der Waals surface area contributed by atoms with Gasteiger partial charge in [0.15, 0.2) is 0 Å². The molecule has 3 N–H and O–H groups in total. The van der Waals surface area contributed by atoms with Crippen molar-refractivity contribution in [2.24, 2.45) is 5.73 Å². The predicted molar refractivity (Wildman–Crippen MR) is 56.9 cm³/mol. The van der Waals surface area contributed by atoms with Crippen molar-refractivity contribution >= 4 is 5.91 Å². The number of primary amides is 1. The van der Waals surface area contributed by atoms with E-state index in [4.69, 9.17) is 5.73 Å². The Morgan fingerprint density at radius 3 is 2.14 bits per heavy atom. The third-order valence-corrected chi connectivity index (χ3v) is 3.63. The zero-order valence-corrected chi connectivity index (χ0v) is 9.50. The molecule has 1 amide bonds. The molecule has 0 radical (unpaired) electrons. The summed E-state index contributed by atoms with van der Waals surface area (Å²) in [5.74, 6) is -0.230. The number of nitrogens with one attached hydrogen (secondary N) is 1. The summed E-state index contributed by atoms with van der Waals surface area (Å²) in [4.78, 5) is 13.7. The normalized spacial score (nSPS) is 39.7. The lowest BCUT2D eigenvalue weighted by atomic mass is 9.80. The summed E-state index contributed by atoms with van der Waals surface area (Å²) in [5, 5.41) is 3.10. The molecule has 2 atom stereocenters. The number of carbonyl (C=O) groups excluding carboxylic acids is 1. The van der Waals surface area contributed by atoms with Gasteiger partial charge in [0.05, 0.1) is 0 Å². The Labute approximate surface area is 85.8 Å². The van der Waals surface area contributed by atoms with E-state index in [1.807, 2.05) is 7.05 Å². The van der Waals surface area contributed by atoms with E-state index >= 15 is 0 Å². The van der Waals surface area contributed by atoms with Crippen LogP contribution in [0.5, 0.6) is 0 Å². The standard InChI is InChI=1S/C10H21N3O/c1-7-5-10(12-3,9(11)14)6-8(2)13(7)4/h7-8,12H,5-6H2,1-4H3,(H2,11,14). The highest BCUT2D eigenvalue weighted by Crippen LogP contribution is 2.29. The molecule has 4 nitrogen and oxygen atoms in total. The number of rotatable bonds is 2. The summed E-state index contributed by atoms with van der Waals surface area (Å²) in [6.07, 6.45) is 1.58. The summed E-state index contributed by atoms with van der Waals surface area (Å²) in [6, 6.07) is 0.775. The number of piperidine rings is 1. The van der Waals surface area contributed by atoms with Crippen molar-refractivity contribution in [1.82, 2.24) is 10.2 Å². The van der Waals surface area contributed by atoms with Crippen LogP contribution in [0.25, 0.3) is 0 Å². The van der Waals surface area contributed by atoms with Crippen LogP contribution in [0.3, 0.4) is 0 Å². The maximum atomic E-state index is 11.4. The fraction of sp³-hybridized carbons (Fsp3) is 0.900. The van der Waals surface area contributed by atoms with Crippen LogP contribution in [0.4, 0.5) is 0 Å². The van der Waals surface area contributed by atoms with Crippen molar-refractivity contribution in [2.75, 3.05) is 14.1 Å². The number of nitrogens with two attached hydrogens (primary N) is 1. The Hall–Kier alpha value is -0.610. The van der Waals surface area contributed by atoms with Gasteiger partial charge in [-0.15, -0.1) is 0 Å². The molecule has 0 bridgehead atoms. The first-order valence-corrected chi connectivity index (χ1v) is 5.13. The molecule has 0 aromatic rings. The van der Waals surface area contributed by atoms with E-state index in [1.165, 1.54) is 0 Å². The van der Waals surface area contributed by atoms with E-state index < -0.39 is 5.54 Å². The van der Waals surface area contributed by atoms with Gasteiger partial charge in [0.25, 0.3) is 0 Å². The molecule has 0 spiro atoms. The van der Waals surface area contributed by atoms with Crippen molar-refractivity contribution in [1.29, 1.82) is 0 Å². The monoisotopic (exact) mass is 199 g/mol. The first-order chi connectivity index (χ1) is 6.43. The molecule has 1 aliphatic rings. The molecule has 14 heavy (non-hydrogen) atoms. The van der Waals surface area contributed by atoms with Crippen molar-refractivity contribution in [3.63, 3.8) is 0 Å². The molecule has 1 fully saturated rings. The minimum atomic E-state index is -0.509. The molecule has 1 rings (SSSR count). The van der Waals surface area contributed by atoms with Gasteiger partial charge in [0, 0.05) is 12.1 Å². The fourth-order valence-corrected chi connectivity index (χ4v) is 2.34. The second-order valence-corrected chi connectivity index (χ2v) is 4.47. The molecule has 1 saturated heterocycles. The maximum Gasteiger partial charge on any atom is 0.237 e. The number of amides is 1. The highest BCUT2D eigenvalue weighted by atomic mass is 16.1. The molecule has 0 aromatic heterocycles. The number of likely N-dealkylation sites (tertiary alicyclic amines) is 1. The molecule has 82 valence electrons. The van der Waals surface area contributed by atoms with E-state index in [0.29, 0.717) is 12.1 Å². The highest BCUT2D eigenvalue weighted by Gasteiger charge is 2.43. The molecule has 4 heteroatoms. The second kappa shape index (κ2) is 3.87. The summed E-state index contributed by atoms with van der Waals surface area (Å²) < 4.78 is 0. The molecule has 0 saturated carbocycles. The van der Waals surface area contributed by atoms with Crippen LogP contribution in [-0.2, 0) is 4.79 Å². The minimum Gasteiger partial charge on any atom is -0.368 e. The molecule has 1 heterocycles. The predicted octanol–water partition coefficient (Wildman–Crippen LogP) is -0.0675. The number of likely N-dealkylation sites (N-methyl/N-ethyl adjacent to an activating group) is 1. The van der Waals surface area contributed by atoms with E-state index in [2.05, 4.69) is 31.1 Å². The summed E-state index contributed by atoms with van der Waals surface area (Å²) in [5.41, 5.74) is 4.95. The minimum absolute atomic E-state index is 0.230. The topological polar surface area (TPSA) is 58.4 Å². The molecule has 0 aliphatic carbocycles. The number of nitrogens with zero attached hydrogens (tertiary/aromatic N) is 1. The van der Waals surface area contributed by atoms with Crippen molar-refractivity contribution in [3.8, 4) is 0 Å². The van der Waals surface area contributed by atoms with Gasteiger partial charge < -0.3 is 16.0 Å². The molecule has 0 aromatic carbocycles. The van der Waals surface area contributed by atoms with Crippen molar-refractivity contribution in [3.05, 3.63) is 0 Å². The zero-order chi connectivity index (χ0) is 10.9. The van der Waals surface area contributed by atoms with Gasteiger partial charge in [-0.05, 0) is 40.8 Å². The average Bonchev–Trinajstić information content (AvgIpc) is 2.13. The lowest BCUT2D eigenvalue weighted by Crippen LogP contribution is -2.63. The van der Waals surface area contributed by atoms with Gasteiger partial charge in [-0.3, -0.25) is 4.79 Å². The lowest BCUT2D eigenvalue weighted by Gasteiger charge is -2.46. The van der Waals surface area contributed by atoms with E-state index in [0.717, 1.165) is 12.8 Å². The lowest BCUT2D eigenvalue weighted by molar-refractivity contribution is -0.127. The molecular weight excluding hydrogens is 178 g/mol. The summed E-state index contributed by atoms with van der Waals surface area (Å²) >= 11 is 0. The first kappa shape index (κ1) is 11.5. The van der Waals surface area contributed by atoms with Gasteiger partial charge in [-0.25, -0.2) is 0 Å². The molecular formula is C10H21N3O. The SMILES string of the molecule is CNC1(C(N)=O)CC(C)N(C)C(C)C1. The Morgan fingerprint density at radius 2 is 1.86 bits per heavy atom. The van der Waals surface area contributed by atoms with Gasteiger partial charge in [-0.1, -0.05) is 0 Å².